The number of hydrogen-bond donors (Lipinski definition) is 1. The summed E-state index contributed by atoms with van der Waals surface area (Å²) in [4.78, 5) is 24.1. The Balaban J connectivity index is 2.01. The van der Waals surface area contributed by atoms with Gasteiger partial charge in [-0.2, -0.15) is 0 Å². The Bertz CT molecular complexity index is 717. The second-order valence-corrected chi connectivity index (χ2v) is 6.36. The van der Waals surface area contributed by atoms with E-state index in [-0.39, 0.29) is 24.1 Å². The summed E-state index contributed by atoms with van der Waals surface area (Å²) in [7, 11) is 1.70. The molecule has 1 atom stereocenters. The number of hydrogen-bond acceptors (Lipinski definition) is 7. The third-order valence-corrected chi connectivity index (χ3v) is 4.42. The lowest BCUT2D eigenvalue weighted by atomic mass is 10.0. The summed E-state index contributed by atoms with van der Waals surface area (Å²) in [5, 5.41) is 14.5. The number of benzene rings is 1. The molecule has 0 fully saturated rings. The number of carbonyl (C=O) groups is 2. The molecule has 0 spiro atoms. The lowest BCUT2D eigenvalue weighted by Crippen LogP contribution is -2.32. The zero-order valence-electron chi connectivity index (χ0n) is 14.4. The van der Waals surface area contributed by atoms with Crippen LogP contribution >= 0.6 is 11.8 Å². The molecule has 0 saturated carbocycles. The van der Waals surface area contributed by atoms with Gasteiger partial charge in [-0.1, -0.05) is 41.6 Å². The molecule has 25 heavy (non-hydrogen) atoms. The maximum atomic E-state index is 12.3. The van der Waals surface area contributed by atoms with Crippen LogP contribution in [0.5, 0.6) is 0 Å². The zero-order valence-corrected chi connectivity index (χ0v) is 15.2. The fourth-order valence-corrected chi connectivity index (χ4v) is 2.81. The summed E-state index contributed by atoms with van der Waals surface area (Å²) in [6.45, 7) is 4.04. The van der Waals surface area contributed by atoms with Gasteiger partial charge in [-0.05, 0) is 29.8 Å². The van der Waals surface area contributed by atoms with Gasteiger partial charge in [0.25, 0.3) is 0 Å². The average molecular weight is 363 g/mol. The van der Waals surface area contributed by atoms with Crippen molar-refractivity contribution in [2.45, 2.75) is 31.5 Å². The number of nitrogens with one attached hydrogen (secondary N) is 1. The maximum Gasteiger partial charge on any atom is 0.308 e. The van der Waals surface area contributed by atoms with E-state index in [1.807, 2.05) is 31.2 Å². The first kappa shape index (κ1) is 18.9. The van der Waals surface area contributed by atoms with Crippen molar-refractivity contribution < 1.29 is 14.3 Å². The van der Waals surface area contributed by atoms with E-state index >= 15 is 0 Å². The quantitative estimate of drug-likeness (QED) is 0.559. The van der Waals surface area contributed by atoms with E-state index in [9.17, 15) is 9.59 Å². The highest BCUT2D eigenvalue weighted by Crippen LogP contribution is 2.19. The molecule has 2 aromatic rings. The van der Waals surface area contributed by atoms with Gasteiger partial charge in [-0.15, -0.1) is 5.10 Å². The SMILES string of the molecule is CCOC(=O)C[C@@H](NC(=O)CSc1nnnn1C)c1ccc(C)cc1. The van der Waals surface area contributed by atoms with Crippen molar-refractivity contribution in [1.82, 2.24) is 25.5 Å². The molecule has 1 amide bonds. The predicted octanol–water partition coefficient (Wildman–Crippen LogP) is 1.42. The molecular formula is C16H21N5O3S. The maximum absolute atomic E-state index is 12.3. The highest BCUT2D eigenvalue weighted by atomic mass is 32.2. The Morgan fingerprint density at radius 1 is 1.32 bits per heavy atom. The fourth-order valence-electron chi connectivity index (χ4n) is 2.15. The van der Waals surface area contributed by atoms with Gasteiger partial charge in [0, 0.05) is 7.05 Å². The van der Waals surface area contributed by atoms with Crippen LogP contribution in [-0.2, 0) is 21.4 Å². The van der Waals surface area contributed by atoms with E-state index in [1.54, 1.807) is 14.0 Å². The van der Waals surface area contributed by atoms with E-state index in [1.165, 1.54) is 16.4 Å². The Morgan fingerprint density at radius 2 is 2.04 bits per heavy atom. The molecule has 0 bridgehead atoms. The van der Waals surface area contributed by atoms with Crippen LogP contribution in [0.2, 0.25) is 0 Å². The van der Waals surface area contributed by atoms with E-state index in [4.69, 9.17) is 4.74 Å². The number of tetrazole rings is 1. The molecule has 0 unspecified atom stereocenters. The topological polar surface area (TPSA) is 99.0 Å². The van der Waals surface area contributed by atoms with Crippen molar-refractivity contribution in [2.75, 3.05) is 12.4 Å². The van der Waals surface area contributed by atoms with Crippen LogP contribution in [0.15, 0.2) is 29.4 Å². The summed E-state index contributed by atoms with van der Waals surface area (Å²) in [5.74, 6) is -0.402. The minimum Gasteiger partial charge on any atom is -0.466 e. The molecular weight excluding hydrogens is 342 g/mol. The summed E-state index contributed by atoms with van der Waals surface area (Å²) in [6.07, 6.45) is 0.0822. The van der Waals surface area contributed by atoms with E-state index in [2.05, 4.69) is 20.8 Å². The van der Waals surface area contributed by atoms with E-state index < -0.39 is 6.04 Å². The van der Waals surface area contributed by atoms with Crippen LogP contribution in [0, 0.1) is 6.92 Å². The standard InChI is InChI=1S/C16H21N5O3S/c1-4-24-15(23)9-13(12-7-5-11(2)6-8-12)17-14(22)10-25-16-18-19-20-21(16)3/h5-8,13H,4,9-10H2,1-3H3,(H,17,22)/t13-/m1/s1. The van der Waals surface area contributed by atoms with Gasteiger partial charge in [0.1, 0.15) is 0 Å². The summed E-state index contributed by atoms with van der Waals surface area (Å²) < 4.78 is 6.50. The van der Waals surface area contributed by atoms with Gasteiger partial charge in [0.2, 0.25) is 11.1 Å². The smallest absolute Gasteiger partial charge is 0.308 e. The zero-order chi connectivity index (χ0) is 18.2. The fraction of sp³-hybridized carbons (Fsp3) is 0.438. The predicted molar refractivity (Wildman–Crippen MR) is 92.8 cm³/mol. The third-order valence-electron chi connectivity index (χ3n) is 3.40. The van der Waals surface area contributed by atoms with Crippen LogP contribution in [-0.4, -0.2) is 44.4 Å². The van der Waals surface area contributed by atoms with E-state index in [0.29, 0.717) is 11.8 Å². The molecule has 9 heteroatoms. The second-order valence-electron chi connectivity index (χ2n) is 5.41. The number of rotatable bonds is 8. The Hall–Kier alpha value is -2.42. The second kappa shape index (κ2) is 9.16. The molecule has 0 aliphatic rings. The van der Waals surface area contributed by atoms with Crippen molar-refractivity contribution in [3.63, 3.8) is 0 Å². The van der Waals surface area contributed by atoms with Crippen LogP contribution < -0.4 is 5.32 Å². The first-order valence-electron chi connectivity index (χ1n) is 7.86. The number of thioether (sulfide) groups is 1. The van der Waals surface area contributed by atoms with Crippen LogP contribution in [0.25, 0.3) is 0 Å². The molecule has 134 valence electrons. The van der Waals surface area contributed by atoms with Gasteiger partial charge >= 0.3 is 5.97 Å². The average Bonchev–Trinajstić information content (AvgIpc) is 2.98. The highest BCUT2D eigenvalue weighted by Gasteiger charge is 2.19. The number of nitrogens with zero attached hydrogens (tertiary/aromatic N) is 4. The van der Waals surface area contributed by atoms with Crippen LogP contribution in [0.1, 0.15) is 30.5 Å². The molecule has 8 nitrogen and oxygen atoms in total. The van der Waals surface area contributed by atoms with Crippen molar-refractivity contribution in [2.24, 2.45) is 7.05 Å². The number of carbonyl (C=O) groups excluding carboxylic acids is 2. The molecule has 1 aromatic carbocycles. The van der Waals surface area contributed by atoms with Crippen molar-refractivity contribution in [3.8, 4) is 0 Å². The Kier molecular flexibility index (Phi) is 6.93. The minimum absolute atomic E-state index is 0.0822. The van der Waals surface area contributed by atoms with Crippen LogP contribution in [0.3, 0.4) is 0 Å². The third kappa shape index (κ3) is 5.86. The Labute approximate surface area is 150 Å². The van der Waals surface area contributed by atoms with Crippen molar-refractivity contribution in [1.29, 1.82) is 0 Å². The summed E-state index contributed by atoms with van der Waals surface area (Å²) in [6, 6.07) is 7.25. The Morgan fingerprint density at radius 3 is 2.64 bits per heavy atom. The lowest BCUT2D eigenvalue weighted by Gasteiger charge is -2.18. The number of amides is 1. The van der Waals surface area contributed by atoms with Gasteiger partial charge in [-0.25, -0.2) is 4.68 Å². The van der Waals surface area contributed by atoms with E-state index in [0.717, 1.165) is 11.1 Å². The minimum atomic E-state index is -0.439. The highest BCUT2D eigenvalue weighted by molar-refractivity contribution is 7.99. The first-order chi connectivity index (χ1) is 12.0. The number of aromatic nitrogens is 4. The summed E-state index contributed by atoms with van der Waals surface area (Å²) >= 11 is 1.23. The van der Waals surface area contributed by atoms with Gasteiger partial charge < -0.3 is 10.1 Å². The monoisotopic (exact) mass is 363 g/mol. The molecule has 2 rings (SSSR count). The first-order valence-corrected chi connectivity index (χ1v) is 8.85. The molecule has 1 aromatic heterocycles. The number of aryl methyl sites for hydroxylation is 2. The largest absolute Gasteiger partial charge is 0.466 e. The molecule has 1 heterocycles. The van der Waals surface area contributed by atoms with Gasteiger partial charge in [-0.3, -0.25) is 9.59 Å². The van der Waals surface area contributed by atoms with Crippen molar-refractivity contribution >= 4 is 23.6 Å². The molecule has 0 saturated heterocycles. The van der Waals surface area contributed by atoms with Gasteiger partial charge in [0.15, 0.2) is 0 Å². The van der Waals surface area contributed by atoms with Crippen LogP contribution in [0.4, 0.5) is 0 Å². The molecule has 0 aliphatic carbocycles. The number of esters is 1. The molecule has 1 N–H and O–H groups in total. The summed E-state index contributed by atoms with van der Waals surface area (Å²) in [5.41, 5.74) is 1.97. The van der Waals surface area contributed by atoms with Gasteiger partial charge in [0.05, 0.1) is 24.8 Å². The number of ether oxygens (including phenoxy) is 1. The normalized spacial score (nSPS) is 11.8. The molecule has 0 radical (unpaired) electrons. The van der Waals surface area contributed by atoms with Crippen molar-refractivity contribution in [3.05, 3.63) is 35.4 Å². The lowest BCUT2D eigenvalue weighted by molar-refractivity contribution is -0.143. The molecule has 0 aliphatic heterocycles.